The highest BCUT2D eigenvalue weighted by Gasteiger charge is 2.10. The second kappa shape index (κ2) is 4.66. The molecule has 0 saturated carbocycles. The molecule has 1 aromatic carbocycles. The van der Waals surface area contributed by atoms with E-state index in [9.17, 15) is 4.79 Å². The zero-order valence-corrected chi connectivity index (χ0v) is 9.05. The highest BCUT2D eigenvalue weighted by atomic mass is 16.1. The fourth-order valence-electron chi connectivity index (χ4n) is 1.58. The van der Waals surface area contributed by atoms with Gasteiger partial charge in [-0.3, -0.25) is 14.8 Å². The molecule has 0 N–H and O–H groups in total. The maximum Gasteiger partial charge on any atom is 0.163 e. The van der Waals surface area contributed by atoms with Crippen molar-refractivity contribution in [3.05, 3.63) is 48.4 Å². The molecule has 0 spiro atoms. The van der Waals surface area contributed by atoms with Gasteiger partial charge in [0, 0.05) is 29.9 Å². The zero-order valence-electron chi connectivity index (χ0n) is 9.05. The number of benzene rings is 1. The van der Waals surface area contributed by atoms with E-state index in [2.05, 4.69) is 9.97 Å². The summed E-state index contributed by atoms with van der Waals surface area (Å²) in [5.41, 5.74) is 2.30. The van der Waals surface area contributed by atoms with E-state index < -0.39 is 0 Å². The van der Waals surface area contributed by atoms with Gasteiger partial charge >= 0.3 is 0 Å². The molecule has 3 nitrogen and oxygen atoms in total. The highest BCUT2D eigenvalue weighted by Crippen LogP contribution is 2.21. The molecule has 1 heterocycles. The van der Waals surface area contributed by atoms with Crippen LogP contribution in [0.1, 0.15) is 23.7 Å². The van der Waals surface area contributed by atoms with Crippen LogP contribution in [0.25, 0.3) is 11.3 Å². The normalized spacial score (nSPS) is 10.1. The number of Topliss-reactive ketones (excluding diaryl/α,β-unsaturated/α-hetero) is 1. The monoisotopic (exact) mass is 212 g/mol. The van der Waals surface area contributed by atoms with E-state index in [0.29, 0.717) is 12.0 Å². The summed E-state index contributed by atoms with van der Waals surface area (Å²) in [4.78, 5) is 20.0. The summed E-state index contributed by atoms with van der Waals surface area (Å²) < 4.78 is 0. The first-order valence-corrected chi connectivity index (χ1v) is 5.21. The first-order chi connectivity index (χ1) is 7.83. The first kappa shape index (κ1) is 10.5. The van der Waals surface area contributed by atoms with Gasteiger partial charge in [-0.15, -0.1) is 0 Å². The number of hydrogen-bond acceptors (Lipinski definition) is 3. The maximum absolute atomic E-state index is 11.8. The Kier molecular flexibility index (Phi) is 3.05. The van der Waals surface area contributed by atoms with Gasteiger partial charge in [0.25, 0.3) is 0 Å². The predicted octanol–water partition coefficient (Wildman–Crippen LogP) is 2.74. The van der Waals surface area contributed by atoms with Crippen molar-refractivity contribution >= 4 is 5.78 Å². The number of ketones is 1. The number of hydrogen-bond donors (Lipinski definition) is 0. The van der Waals surface area contributed by atoms with Crippen LogP contribution in [0.2, 0.25) is 0 Å². The zero-order chi connectivity index (χ0) is 11.4. The van der Waals surface area contributed by atoms with Gasteiger partial charge in [0.2, 0.25) is 0 Å². The van der Waals surface area contributed by atoms with Crippen molar-refractivity contribution < 1.29 is 4.79 Å². The molecule has 2 rings (SSSR count). The van der Waals surface area contributed by atoms with Gasteiger partial charge in [0.15, 0.2) is 5.78 Å². The van der Waals surface area contributed by atoms with Crippen LogP contribution in [0.4, 0.5) is 0 Å². The molecule has 0 amide bonds. The van der Waals surface area contributed by atoms with Crippen molar-refractivity contribution in [2.75, 3.05) is 0 Å². The first-order valence-electron chi connectivity index (χ1n) is 5.21. The average molecular weight is 212 g/mol. The molecule has 0 atom stereocenters. The predicted molar refractivity (Wildman–Crippen MR) is 62.1 cm³/mol. The van der Waals surface area contributed by atoms with Crippen LogP contribution in [0.5, 0.6) is 0 Å². The molecule has 16 heavy (non-hydrogen) atoms. The number of carbonyl (C=O) groups is 1. The Bertz CT molecular complexity index is 494. The summed E-state index contributed by atoms with van der Waals surface area (Å²) in [5, 5.41) is 0. The third-order valence-electron chi connectivity index (χ3n) is 2.39. The number of carbonyl (C=O) groups excluding carboxylic acids is 1. The molecule has 0 aliphatic heterocycles. The summed E-state index contributed by atoms with van der Waals surface area (Å²) in [6.07, 6.45) is 5.41. The Balaban J connectivity index is 2.53. The van der Waals surface area contributed by atoms with Crippen molar-refractivity contribution in [3.8, 4) is 11.3 Å². The van der Waals surface area contributed by atoms with Crippen molar-refractivity contribution in [2.45, 2.75) is 13.3 Å². The third-order valence-corrected chi connectivity index (χ3v) is 2.39. The lowest BCUT2D eigenvalue weighted by molar-refractivity contribution is 0.0989. The molecule has 0 radical (unpaired) electrons. The standard InChI is InChI=1S/C13H12N2O/c1-2-13(16)11-6-4-3-5-10(11)12-9-14-7-8-15-12/h3-9H,2H2,1H3. The number of rotatable bonds is 3. The van der Waals surface area contributed by atoms with Crippen molar-refractivity contribution in [2.24, 2.45) is 0 Å². The molecule has 3 heteroatoms. The summed E-state index contributed by atoms with van der Waals surface area (Å²) >= 11 is 0. The van der Waals surface area contributed by atoms with E-state index in [1.807, 2.05) is 31.2 Å². The van der Waals surface area contributed by atoms with Crippen LogP contribution in [0.15, 0.2) is 42.9 Å². The minimum absolute atomic E-state index is 0.126. The molecule has 0 fully saturated rings. The Morgan fingerprint density at radius 1 is 1.25 bits per heavy atom. The second-order valence-corrected chi connectivity index (χ2v) is 3.41. The molecule has 2 aromatic rings. The van der Waals surface area contributed by atoms with Crippen molar-refractivity contribution in [3.63, 3.8) is 0 Å². The summed E-state index contributed by atoms with van der Waals surface area (Å²) in [7, 11) is 0. The average Bonchev–Trinajstić information content (AvgIpc) is 2.39. The van der Waals surface area contributed by atoms with Crippen LogP contribution in [-0.4, -0.2) is 15.8 Å². The van der Waals surface area contributed by atoms with Gasteiger partial charge in [-0.2, -0.15) is 0 Å². The summed E-state index contributed by atoms with van der Waals surface area (Å²) in [6, 6.07) is 7.49. The molecule has 0 unspecified atom stereocenters. The van der Waals surface area contributed by atoms with Gasteiger partial charge in [-0.25, -0.2) is 0 Å². The van der Waals surface area contributed by atoms with Crippen molar-refractivity contribution in [1.29, 1.82) is 0 Å². The molecule has 0 saturated heterocycles. The van der Waals surface area contributed by atoms with E-state index >= 15 is 0 Å². The smallest absolute Gasteiger partial charge is 0.163 e. The topological polar surface area (TPSA) is 42.9 Å². The van der Waals surface area contributed by atoms with E-state index in [1.165, 1.54) is 0 Å². The van der Waals surface area contributed by atoms with Crippen LogP contribution >= 0.6 is 0 Å². The van der Waals surface area contributed by atoms with Gasteiger partial charge < -0.3 is 0 Å². The number of nitrogens with zero attached hydrogens (tertiary/aromatic N) is 2. The summed E-state index contributed by atoms with van der Waals surface area (Å²) in [6.45, 7) is 1.86. The lowest BCUT2D eigenvalue weighted by Gasteiger charge is -2.06. The maximum atomic E-state index is 11.8. The Morgan fingerprint density at radius 3 is 2.75 bits per heavy atom. The third kappa shape index (κ3) is 1.98. The SMILES string of the molecule is CCC(=O)c1ccccc1-c1cnccn1. The van der Waals surface area contributed by atoms with E-state index in [4.69, 9.17) is 0 Å². The van der Waals surface area contributed by atoms with E-state index in [0.717, 1.165) is 11.3 Å². The van der Waals surface area contributed by atoms with Crippen LogP contribution in [0.3, 0.4) is 0 Å². The fraction of sp³-hybridized carbons (Fsp3) is 0.154. The van der Waals surface area contributed by atoms with Gasteiger partial charge in [-0.05, 0) is 0 Å². The van der Waals surface area contributed by atoms with Crippen LogP contribution in [0, 0.1) is 0 Å². The Hall–Kier alpha value is -2.03. The molecule has 1 aromatic heterocycles. The van der Waals surface area contributed by atoms with Gasteiger partial charge in [-0.1, -0.05) is 31.2 Å². The van der Waals surface area contributed by atoms with Crippen LogP contribution < -0.4 is 0 Å². The second-order valence-electron chi connectivity index (χ2n) is 3.41. The molecule has 0 bridgehead atoms. The van der Waals surface area contributed by atoms with Gasteiger partial charge in [0.1, 0.15) is 0 Å². The van der Waals surface area contributed by atoms with E-state index in [1.54, 1.807) is 18.6 Å². The molecular formula is C13H12N2O. The van der Waals surface area contributed by atoms with E-state index in [-0.39, 0.29) is 5.78 Å². The highest BCUT2D eigenvalue weighted by molar-refractivity contribution is 6.01. The minimum atomic E-state index is 0.126. The molecular weight excluding hydrogens is 200 g/mol. The lowest BCUT2D eigenvalue weighted by atomic mass is 10.00. The van der Waals surface area contributed by atoms with Crippen LogP contribution in [-0.2, 0) is 0 Å². The molecule has 0 aliphatic carbocycles. The Morgan fingerprint density at radius 2 is 2.06 bits per heavy atom. The van der Waals surface area contributed by atoms with Crippen molar-refractivity contribution in [1.82, 2.24) is 9.97 Å². The summed E-state index contributed by atoms with van der Waals surface area (Å²) in [5.74, 6) is 0.126. The molecule has 80 valence electrons. The molecule has 0 aliphatic rings. The quantitative estimate of drug-likeness (QED) is 0.735. The number of aromatic nitrogens is 2. The largest absolute Gasteiger partial charge is 0.294 e. The minimum Gasteiger partial charge on any atom is -0.294 e. The Labute approximate surface area is 94.2 Å². The lowest BCUT2D eigenvalue weighted by Crippen LogP contribution is -2.00. The fourth-order valence-corrected chi connectivity index (χ4v) is 1.58. The van der Waals surface area contributed by atoms with Gasteiger partial charge in [0.05, 0.1) is 11.9 Å².